The van der Waals surface area contributed by atoms with E-state index in [1.54, 1.807) is 12.1 Å². The highest BCUT2D eigenvalue weighted by molar-refractivity contribution is 9.10. The second-order valence-electron chi connectivity index (χ2n) is 10.4. The summed E-state index contributed by atoms with van der Waals surface area (Å²) < 4.78 is 7.33. The molecule has 0 unspecified atom stereocenters. The van der Waals surface area contributed by atoms with Crippen LogP contribution in [0.1, 0.15) is 31.2 Å². The molecular formula is C30H35BrN3O4+. The zero-order chi connectivity index (χ0) is 27.1. The largest absolute Gasteiger partial charge is 0.508 e. The summed E-state index contributed by atoms with van der Waals surface area (Å²) in [5.41, 5.74) is 4.31. The fourth-order valence-corrected chi connectivity index (χ4v) is 5.10. The fraction of sp³-hybridized carbons (Fsp3) is 0.333. The van der Waals surface area contributed by atoms with E-state index in [0.717, 1.165) is 47.1 Å². The molecule has 8 heteroatoms. The van der Waals surface area contributed by atoms with Gasteiger partial charge in [-0.3, -0.25) is 10.1 Å². The second-order valence-corrected chi connectivity index (χ2v) is 11.3. The van der Waals surface area contributed by atoms with Crippen molar-refractivity contribution in [1.29, 1.82) is 0 Å². The molecule has 0 aliphatic carbocycles. The van der Waals surface area contributed by atoms with Gasteiger partial charge in [-0.05, 0) is 70.2 Å². The van der Waals surface area contributed by atoms with Gasteiger partial charge in [0, 0.05) is 29.3 Å². The Morgan fingerprint density at radius 1 is 0.974 bits per heavy atom. The van der Waals surface area contributed by atoms with Crippen molar-refractivity contribution in [2.45, 2.75) is 38.2 Å². The number of rotatable bonds is 8. The van der Waals surface area contributed by atoms with E-state index in [1.807, 2.05) is 42.5 Å². The minimum absolute atomic E-state index is 0.0612. The zero-order valence-electron chi connectivity index (χ0n) is 21.9. The molecule has 1 heterocycles. The number of quaternary nitrogens is 1. The molecule has 1 saturated heterocycles. The second kappa shape index (κ2) is 12.5. The standard InChI is InChI=1S/C30H34BrN3O4/c1-34(2)17-15-24(16-18-34)38-30(37)33-27-13-11-21(19-25(27)22-8-4-3-5-9-22)7-6-10-29(36)32-28-14-12-23(35)20-26(28)31/h3-5,8-9,11-14,19-20,24H,6-7,10,15-18H2,1-2H3,(H2-,32,33,35,36,37)/p+1. The number of aryl methyl sites for hydroxylation is 1. The quantitative estimate of drug-likeness (QED) is 0.208. The minimum atomic E-state index is -0.427. The number of anilines is 2. The zero-order valence-corrected chi connectivity index (χ0v) is 23.5. The molecule has 0 bridgehead atoms. The number of hydrogen-bond donors (Lipinski definition) is 3. The van der Waals surface area contributed by atoms with Gasteiger partial charge in [-0.25, -0.2) is 4.79 Å². The predicted molar refractivity (Wildman–Crippen MR) is 154 cm³/mol. The third kappa shape index (κ3) is 7.82. The summed E-state index contributed by atoms with van der Waals surface area (Å²) in [7, 11) is 4.40. The highest BCUT2D eigenvalue weighted by Gasteiger charge is 2.28. The number of carbonyl (C=O) groups is 2. The van der Waals surface area contributed by atoms with Crippen molar-refractivity contribution < 1.29 is 23.9 Å². The lowest BCUT2D eigenvalue weighted by Crippen LogP contribution is -2.48. The van der Waals surface area contributed by atoms with Crippen molar-refractivity contribution >= 4 is 39.3 Å². The van der Waals surface area contributed by atoms with Gasteiger partial charge in [-0.15, -0.1) is 0 Å². The van der Waals surface area contributed by atoms with Crippen LogP contribution in [0.4, 0.5) is 16.2 Å². The van der Waals surface area contributed by atoms with Gasteiger partial charge in [-0.1, -0.05) is 36.4 Å². The number of hydrogen-bond acceptors (Lipinski definition) is 4. The number of nitrogens with one attached hydrogen (secondary N) is 2. The summed E-state index contributed by atoms with van der Waals surface area (Å²) in [6, 6.07) is 20.6. The van der Waals surface area contributed by atoms with E-state index in [0.29, 0.717) is 35.1 Å². The van der Waals surface area contributed by atoms with Gasteiger partial charge >= 0.3 is 6.09 Å². The van der Waals surface area contributed by atoms with Gasteiger partial charge in [0.05, 0.1) is 38.6 Å². The Morgan fingerprint density at radius 2 is 1.68 bits per heavy atom. The number of nitrogens with zero attached hydrogens (tertiary/aromatic N) is 1. The van der Waals surface area contributed by atoms with Crippen LogP contribution in [-0.2, 0) is 16.0 Å². The van der Waals surface area contributed by atoms with E-state index < -0.39 is 6.09 Å². The van der Waals surface area contributed by atoms with Crippen LogP contribution in [0.15, 0.2) is 71.2 Å². The van der Waals surface area contributed by atoms with Gasteiger partial charge in [0.25, 0.3) is 0 Å². The highest BCUT2D eigenvalue weighted by atomic mass is 79.9. The number of amides is 2. The fourth-order valence-electron chi connectivity index (χ4n) is 4.64. The SMILES string of the molecule is C[N+]1(C)CCC(OC(=O)Nc2ccc(CCCC(=O)Nc3ccc(O)cc3Br)cc2-c2ccccc2)CC1. The summed E-state index contributed by atoms with van der Waals surface area (Å²) in [5.74, 6) is 0.0400. The number of piperidine rings is 1. The molecule has 1 aliphatic rings. The third-order valence-electron chi connectivity index (χ3n) is 6.89. The molecule has 38 heavy (non-hydrogen) atoms. The van der Waals surface area contributed by atoms with Crippen LogP contribution in [0, 0.1) is 0 Å². The Labute approximate surface area is 232 Å². The lowest BCUT2D eigenvalue weighted by atomic mass is 9.98. The first-order valence-electron chi connectivity index (χ1n) is 12.9. The molecule has 3 N–H and O–H groups in total. The van der Waals surface area contributed by atoms with Crippen molar-refractivity contribution in [2.75, 3.05) is 37.8 Å². The van der Waals surface area contributed by atoms with Gasteiger partial charge in [-0.2, -0.15) is 0 Å². The molecule has 7 nitrogen and oxygen atoms in total. The van der Waals surface area contributed by atoms with Crippen LogP contribution in [0.5, 0.6) is 5.75 Å². The topological polar surface area (TPSA) is 87.7 Å². The molecule has 1 aliphatic heterocycles. The molecular weight excluding hydrogens is 546 g/mol. The van der Waals surface area contributed by atoms with Crippen LogP contribution in [0.25, 0.3) is 11.1 Å². The summed E-state index contributed by atoms with van der Waals surface area (Å²) >= 11 is 3.35. The maximum atomic E-state index is 12.8. The van der Waals surface area contributed by atoms with Gasteiger partial charge in [0.15, 0.2) is 0 Å². The molecule has 3 aromatic rings. The van der Waals surface area contributed by atoms with Gasteiger partial charge in [0.1, 0.15) is 11.9 Å². The number of ether oxygens (including phenoxy) is 1. The number of phenols is 1. The van der Waals surface area contributed by atoms with E-state index in [4.69, 9.17) is 4.74 Å². The van der Waals surface area contributed by atoms with E-state index in [1.165, 1.54) is 6.07 Å². The first-order chi connectivity index (χ1) is 18.2. The minimum Gasteiger partial charge on any atom is -0.508 e. The van der Waals surface area contributed by atoms with Gasteiger partial charge < -0.3 is 19.6 Å². The first kappa shape index (κ1) is 27.7. The molecule has 4 rings (SSSR count). The molecule has 0 atom stereocenters. The highest BCUT2D eigenvalue weighted by Crippen LogP contribution is 2.31. The molecule has 0 radical (unpaired) electrons. The summed E-state index contributed by atoms with van der Waals surface area (Å²) in [4.78, 5) is 25.2. The Hall–Kier alpha value is -3.36. The maximum absolute atomic E-state index is 12.8. The molecule has 0 aromatic heterocycles. The van der Waals surface area contributed by atoms with Crippen LogP contribution in [-0.4, -0.2) is 54.9 Å². The van der Waals surface area contributed by atoms with Crippen molar-refractivity contribution in [2.24, 2.45) is 0 Å². The molecule has 3 aromatic carbocycles. The predicted octanol–water partition coefficient (Wildman–Crippen LogP) is 6.57. The Morgan fingerprint density at radius 3 is 2.39 bits per heavy atom. The normalized spacial score (nSPS) is 15.0. The van der Waals surface area contributed by atoms with Crippen molar-refractivity contribution in [3.63, 3.8) is 0 Å². The molecule has 0 saturated carbocycles. The lowest BCUT2D eigenvalue weighted by Gasteiger charge is -2.36. The van der Waals surface area contributed by atoms with Crippen molar-refractivity contribution in [3.8, 4) is 16.9 Å². The smallest absolute Gasteiger partial charge is 0.411 e. The number of likely N-dealkylation sites (tertiary alicyclic amines) is 1. The monoisotopic (exact) mass is 580 g/mol. The Kier molecular flexibility index (Phi) is 9.07. The average molecular weight is 582 g/mol. The van der Waals surface area contributed by atoms with Crippen molar-refractivity contribution in [3.05, 3.63) is 76.8 Å². The summed E-state index contributed by atoms with van der Waals surface area (Å²) in [6.45, 7) is 1.98. The van der Waals surface area contributed by atoms with E-state index in [-0.39, 0.29) is 17.8 Å². The lowest BCUT2D eigenvalue weighted by molar-refractivity contribution is -0.896. The van der Waals surface area contributed by atoms with Crippen LogP contribution >= 0.6 is 15.9 Å². The number of carbonyl (C=O) groups excluding carboxylic acids is 2. The average Bonchev–Trinajstić information content (AvgIpc) is 2.88. The molecule has 2 amide bonds. The van der Waals surface area contributed by atoms with Crippen LogP contribution in [0.3, 0.4) is 0 Å². The first-order valence-corrected chi connectivity index (χ1v) is 13.7. The van der Waals surface area contributed by atoms with Crippen molar-refractivity contribution in [1.82, 2.24) is 0 Å². The molecule has 1 fully saturated rings. The number of aromatic hydroxyl groups is 1. The summed E-state index contributed by atoms with van der Waals surface area (Å²) in [5, 5.41) is 15.4. The van der Waals surface area contributed by atoms with Crippen LogP contribution in [0.2, 0.25) is 0 Å². The molecule has 0 spiro atoms. The number of benzene rings is 3. The Bertz CT molecular complexity index is 1270. The van der Waals surface area contributed by atoms with E-state index in [2.05, 4.69) is 46.7 Å². The van der Waals surface area contributed by atoms with E-state index >= 15 is 0 Å². The summed E-state index contributed by atoms with van der Waals surface area (Å²) in [6.07, 6.45) is 2.98. The molecule has 200 valence electrons. The van der Waals surface area contributed by atoms with Gasteiger partial charge in [0.2, 0.25) is 5.91 Å². The number of phenolic OH excluding ortho intramolecular Hbond substituents is 1. The van der Waals surface area contributed by atoms with Crippen LogP contribution < -0.4 is 10.6 Å². The third-order valence-corrected chi connectivity index (χ3v) is 7.54. The maximum Gasteiger partial charge on any atom is 0.411 e. The number of halogens is 1. The van der Waals surface area contributed by atoms with E-state index in [9.17, 15) is 14.7 Å². The Balaban J connectivity index is 1.38.